The lowest BCUT2D eigenvalue weighted by Crippen LogP contribution is -2.53. The molecule has 1 fully saturated rings. The fraction of sp³-hybridized carbons (Fsp3) is 0.355. The smallest absolute Gasteiger partial charge is 0.264 e. The number of nitrogens with one attached hydrogen (secondary N) is 1. The van der Waals surface area contributed by atoms with E-state index in [2.05, 4.69) is 5.32 Å². The standard InChI is InChI=1S/C31H35F2N3O4S/c1-3-29(31(38)34-26-6-4-5-7-26)35(20-23-10-12-24(32)13-11-23)30(37)21-36(27-16-14-25(33)15-17-27)41(39,40)28-18-8-22(2)9-19-28/h8-19,26,29H,3-7,20-21H2,1-2H3,(H,34,38)/t29-/m1/s1. The molecule has 4 rings (SSSR count). The summed E-state index contributed by atoms with van der Waals surface area (Å²) in [6, 6.07) is 15.8. The Morgan fingerprint density at radius 1 is 0.902 bits per heavy atom. The van der Waals surface area contributed by atoms with Crippen molar-refractivity contribution in [2.75, 3.05) is 10.8 Å². The molecule has 1 aliphatic carbocycles. The molecule has 1 aliphatic rings. The van der Waals surface area contributed by atoms with Crippen molar-refractivity contribution in [2.24, 2.45) is 0 Å². The molecule has 218 valence electrons. The van der Waals surface area contributed by atoms with Crippen LogP contribution in [-0.4, -0.2) is 43.8 Å². The van der Waals surface area contributed by atoms with Gasteiger partial charge in [0.05, 0.1) is 10.6 Å². The minimum atomic E-state index is -4.25. The largest absolute Gasteiger partial charge is 0.352 e. The van der Waals surface area contributed by atoms with Crippen LogP contribution in [0.5, 0.6) is 0 Å². The van der Waals surface area contributed by atoms with Gasteiger partial charge in [-0.2, -0.15) is 0 Å². The average molecular weight is 584 g/mol. The Morgan fingerprint density at radius 3 is 2.02 bits per heavy atom. The van der Waals surface area contributed by atoms with E-state index in [9.17, 15) is 26.8 Å². The Bertz CT molecular complexity index is 1440. The SMILES string of the molecule is CC[C@H](C(=O)NC1CCCC1)N(Cc1ccc(F)cc1)C(=O)CN(c1ccc(F)cc1)S(=O)(=O)c1ccc(C)cc1. The van der Waals surface area contributed by atoms with Crippen molar-refractivity contribution in [1.29, 1.82) is 0 Å². The number of aryl methyl sites for hydroxylation is 1. The Labute approximate surface area is 240 Å². The van der Waals surface area contributed by atoms with Gasteiger partial charge in [0.2, 0.25) is 11.8 Å². The summed E-state index contributed by atoms with van der Waals surface area (Å²) < 4.78 is 56.0. The second kappa shape index (κ2) is 13.2. The molecule has 0 saturated heterocycles. The van der Waals surface area contributed by atoms with Crippen molar-refractivity contribution in [3.8, 4) is 0 Å². The van der Waals surface area contributed by atoms with Gasteiger partial charge in [-0.1, -0.05) is 49.6 Å². The molecule has 3 aromatic carbocycles. The van der Waals surface area contributed by atoms with Crippen molar-refractivity contribution in [3.05, 3.63) is 95.6 Å². The lowest BCUT2D eigenvalue weighted by Gasteiger charge is -2.33. The summed E-state index contributed by atoms with van der Waals surface area (Å²) in [6.45, 7) is 2.95. The summed E-state index contributed by atoms with van der Waals surface area (Å²) in [7, 11) is -4.25. The first-order chi connectivity index (χ1) is 19.6. The van der Waals surface area contributed by atoms with E-state index in [4.69, 9.17) is 0 Å². The van der Waals surface area contributed by atoms with Crippen molar-refractivity contribution in [2.45, 2.75) is 69.5 Å². The highest BCUT2D eigenvalue weighted by atomic mass is 32.2. The Hall–Kier alpha value is -3.79. The first-order valence-electron chi connectivity index (χ1n) is 13.8. The monoisotopic (exact) mass is 583 g/mol. The maximum atomic E-state index is 14.0. The summed E-state index contributed by atoms with van der Waals surface area (Å²) in [4.78, 5) is 28.8. The fourth-order valence-electron chi connectivity index (χ4n) is 5.05. The maximum Gasteiger partial charge on any atom is 0.264 e. The number of nitrogens with zero attached hydrogens (tertiary/aromatic N) is 2. The lowest BCUT2D eigenvalue weighted by atomic mass is 10.1. The molecule has 10 heteroatoms. The summed E-state index contributed by atoms with van der Waals surface area (Å²) in [6.07, 6.45) is 4.04. The quantitative estimate of drug-likeness (QED) is 0.331. The molecule has 0 unspecified atom stereocenters. The molecule has 1 N–H and O–H groups in total. The summed E-state index contributed by atoms with van der Waals surface area (Å²) in [5.41, 5.74) is 1.55. The fourth-order valence-corrected chi connectivity index (χ4v) is 6.46. The van der Waals surface area contributed by atoms with E-state index in [-0.39, 0.29) is 35.5 Å². The van der Waals surface area contributed by atoms with Crippen LogP contribution in [-0.2, 0) is 26.2 Å². The number of hydrogen-bond donors (Lipinski definition) is 1. The number of benzene rings is 3. The normalized spacial score (nSPS) is 14.4. The molecule has 2 amide bonds. The third-order valence-corrected chi connectivity index (χ3v) is 9.14. The number of amides is 2. The predicted octanol–water partition coefficient (Wildman–Crippen LogP) is 5.33. The van der Waals surface area contributed by atoms with Gasteiger partial charge in [-0.3, -0.25) is 13.9 Å². The number of carbonyl (C=O) groups is 2. The Kier molecular flexibility index (Phi) is 9.75. The van der Waals surface area contributed by atoms with Crippen LogP contribution < -0.4 is 9.62 Å². The molecule has 41 heavy (non-hydrogen) atoms. The molecule has 0 radical (unpaired) electrons. The molecular formula is C31H35F2N3O4S. The number of sulfonamides is 1. The zero-order valence-corrected chi connectivity index (χ0v) is 24.0. The van der Waals surface area contributed by atoms with Crippen molar-refractivity contribution in [3.63, 3.8) is 0 Å². The van der Waals surface area contributed by atoms with Gasteiger partial charge < -0.3 is 10.2 Å². The van der Waals surface area contributed by atoms with Gasteiger partial charge in [-0.05, 0) is 80.3 Å². The Morgan fingerprint density at radius 2 is 1.46 bits per heavy atom. The molecule has 0 bridgehead atoms. The average Bonchev–Trinajstić information content (AvgIpc) is 3.46. The zero-order chi connectivity index (χ0) is 29.6. The van der Waals surface area contributed by atoms with E-state index in [0.717, 1.165) is 47.7 Å². The van der Waals surface area contributed by atoms with Crippen molar-refractivity contribution >= 4 is 27.5 Å². The predicted molar refractivity (Wildman–Crippen MR) is 154 cm³/mol. The van der Waals surface area contributed by atoms with Crippen LogP contribution >= 0.6 is 0 Å². The van der Waals surface area contributed by atoms with E-state index in [1.807, 2.05) is 6.92 Å². The van der Waals surface area contributed by atoms with Crippen LogP contribution in [0.3, 0.4) is 0 Å². The third-order valence-electron chi connectivity index (χ3n) is 7.36. The van der Waals surface area contributed by atoms with E-state index >= 15 is 0 Å². The van der Waals surface area contributed by atoms with Crippen LogP contribution in [0.1, 0.15) is 50.2 Å². The van der Waals surface area contributed by atoms with E-state index in [0.29, 0.717) is 5.56 Å². The van der Waals surface area contributed by atoms with Gasteiger partial charge in [0, 0.05) is 12.6 Å². The first kappa shape index (κ1) is 30.2. The molecule has 0 aromatic heterocycles. The highest BCUT2D eigenvalue weighted by molar-refractivity contribution is 7.92. The lowest BCUT2D eigenvalue weighted by molar-refractivity contribution is -0.140. The van der Waals surface area contributed by atoms with E-state index < -0.39 is 40.2 Å². The second-order valence-corrected chi connectivity index (χ2v) is 12.2. The van der Waals surface area contributed by atoms with Gasteiger partial charge in [0.25, 0.3) is 10.0 Å². The van der Waals surface area contributed by atoms with Gasteiger partial charge in [-0.15, -0.1) is 0 Å². The molecule has 1 atom stereocenters. The van der Waals surface area contributed by atoms with Gasteiger partial charge in [0.1, 0.15) is 24.2 Å². The molecular weight excluding hydrogens is 548 g/mol. The third kappa shape index (κ3) is 7.49. The van der Waals surface area contributed by atoms with Crippen LogP contribution in [0, 0.1) is 18.6 Å². The Balaban J connectivity index is 1.70. The zero-order valence-electron chi connectivity index (χ0n) is 23.2. The van der Waals surface area contributed by atoms with Gasteiger partial charge >= 0.3 is 0 Å². The second-order valence-electron chi connectivity index (χ2n) is 10.4. The number of rotatable bonds is 11. The number of hydrogen-bond acceptors (Lipinski definition) is 4. The molecule has 0 heterocycles. The summed E-state index contributed by atoms with van der Waals surface area (Å²) >= 11 is 0. The first-order valence-corrected chi connectivity index (χ1v) is 15.2. The van der Waals surface area contributed by atoms with Crippen molar-refractivity contribution < 1.29 is 26.8 Å². The molecule has 0 spiro atoms. The number of carbonyl (C=O) groups excluding carboxylic acids is 2. The molecule has 1 saturated carbocycles. The van der Waals surface area contributed by atoms with Gasteiger partial charge in [0.15, 0.2) is 0 Å². The summed E-state index contributed by atoms with van der Waals surface area (Å²) in [5.74, 6) is -1.93. The highest BCUT2D eigenvalue weighted by Gasteiger charge is 2.34. The molecule has 7 nitrogen and oxygen atoms in total. The van der Waals surface area contributed by atoms with Crippen molar-refractivity contribution in [1.82, 2.24) is 10.2 Å². The van der Waals surface area contributed by atoms with Gasteiger partial charge in [-0.25, -0.2) is 17.2 Å². The van der Waals surface area contributed by atoms with Crippen LogP contribution in [0.15, 0.2) is 77.7 Å². The van der Waals surface area contributed by atoms with Crippen LogP contribution in [0.4, 0.5) is 14.5 Å². The molecule has 3 aromatic rings. The number of halogens is 2. The summed E-state index contributed by atoms with van der Waals surface area (Å²) in [5, 5.41) is 3.05. The minimum absolute atomic E-state index is 0.0250. The van der Waals surface area contributed by atoms with E-state index in [1.165, 1.54) is 53.4 Å². The highest BCUT2D eigenvalue weighted by Crippen LogP contribution is 2.26. The van der Waals surface area contributed by atoms with E-state index in [1.54, 1.807) is 19.1 Å². The number of anilines is 1. The topological polar surface area (TPSA) is 86.8 Å². The van der Waals surface area contributed by atoms with Crippen LogP contribution in [0.2, 0.25) is 0 Å². The van der Waals surface area contributed by atoms with Crippen LogP contribution in [0.25, 0.3) is 0 Å². The maximum absolute atomic E-state index is 14.0. The minimum Gasteiger partial charge on any atom is -0.352 e. The molecule has 0 aliphatic heterocycles.